The van der Waals surface area contributed by atoms with Crippen molar-refractivity contribution in [3.63, 3.8) is 0 Å². The maximum atomic E-state index is 5.62. The molecule has 1 rings (SSSR count). The summed E-state index contributed by atoms with van der Waals surface area (Å²) in [6, 6.07) is 0. The SMILES string of the molecule is CCC1CCC(SCC(C)CN)CC1. The minimum atomic E-state index is 0.698. The molecule has 0 amide bonds. The van der Waals surface area contributed by atoms with Crippen LogP contribution in [0.25, 0.3) is 0 Å². The molecule has 1 saturated carbocycles. The first kappa shape index (κ1) is 12.4. The lowest BCUT2D eigenvalue weighted by atomic mass is 9.87. The molecule has 84 valence electrons. The first-order chi connectivity index (χ1) is 6.76. The van der Waals surface area contributed by atoms with Gasteiger partial charge in [0.05, 0.1) is 0 Å². The second kappa shape index (κ2) is 6.73. The Balaban J connectivity index is 2.10. The van der Waals surface area contributed by atoms with Crippen molar-refractivity contribution in [1.29, 1.82) is 0 Å². The minimum Gasteiger partial charge on any atom is -0.330 e. The van der Waals surface area contributed by atoms with Gasteiger partial charge in [0.1, 0.15) is 0 Å². The molecule has 0 heterocycles. The van der Waals surface area contributed by atoms with Crippen LogP contribution in [0.4, 0.5) is 0 Å². The smallest absolute Gasteiger partial charge is 0.00473 e. The zero-order valence-electron chi connectivity index (χ0n) is 9.67. The molecule has 1 unspecified atom stereocenters. The summed E-state index contributed by atoms with van der Waals surface area (Å²) in [4.78, 5) is 0. The van der Waals surface area contributed by atoms with Gasteiger partial charge in [-0.3, -0.25) is 0 Å². The monoisotopic (exact) mass is 215 g/mol. The van der Waals surface area contributed by atoms with Gasteiger partial charge in [0.2, 0.25) is 0 Å². The van der Waals surface area contributed by atoms with E-state index in [0.29, 0.717) is 5.92 Å². The van der Waals surface area contributed by atoms with Gasteiger partial charge in [-0.2, -0.15) is 11.8 Å². The average molecular weight is 215 g/mol. The molecule has 0 spiro atoms. The molecule has 1 atom stereocenters. The summed E-state index contributed by atoms with van der Waals surface area (Å²) >= 11 is 2.16. The van der Waals surface area contributed by atoms with Crippen LogP contribution in [0.15, 0.2) is 0 Å². The molecule has 14 heavy (non-hydrogen) atoms. The molecule has 0 aromatic carbocycles. The second-order valence-electron chi connectivity index (χ2n) is 4.73. The summed E-state index contributed by atoms with van der Waals surface area (Å²) in [5, 5.41) is 0.937. The van der Waals surface area contributed by atoms with E-state index in [1.807, 2.05) is 0 Å². The van der Waals surface area contributed by atoms with E-state index >= 15 is 0 Å². The second-order valence-corrected chi connectivity index (χ2v) is 6.06. The van der Waals surface area contributed by atoms with Crippen molar-refractivity contribution in [3.05, 3.63) is 0 Å². The summed E-state index contributed by atoms with van der Waals surface area (Å²) in [7, 11) is 0. The van der Waals surface area contributed by atoms with Gasteiger partial charge >= 0.3 is 0 Å². The van der Waals surface area contributed by atoms with Crippen molar-refractivity contribution in [2.45, 2.75) is 51.2 Å². The predicted molar refractivity (Wildman–Crippen MR) is 66.7 cm³/mol. The van der Waals surface area contributed by atoms with Gasteiger partial charge in [-0.25, -0.2) is 0 Å². The molecule has 1 nitrogen and oxygen atoms in total. The van der Waals surface area contributed by atoms with Crippen LogP contribution in [-0.2, 0) is 0 Å². The van der Waals surface area contributed by atoms with E-state index in [2.05, 4.69) is 25.6 Å². The lowest BCUT2D eigenvalue weighted by Gasteiger charge is -2.27. The zero-order valence-corrected chi connectivity index (χ0v) is 10.5. The third-order valence-corrected chi connectivity index (χ3v) is 5.09. The van der Waals surface area contributed by atoms with E-state index in [-0.39, 0.29) is 0 Å². The molecule has 2 heteroatoms. The fraction of sp³-hybridized carbons (Fsp3) is 1.00. The predicted octanol–water partition coefficient (Wildman–Crippen LogP) is 3.28. The highest BCUT2D eigenvalue weighted by atomic mass is 32.2. The third kappa shape index (κ3) is 4.22. The van der Waals surface area contributed by atoms with Gasteiger partial charge in [-0.1, -0.05) is 20.3 Å². The molecule has 1 fully saturated rings. The lowest BCUT2D eigenvalue weighted by molar-refractivity contribution is 0.356. The summed E-state index contributed by atoms with van der Waals surface area (Å²) in [5.41, 5.74) is 5.62. The molecule has 0 saturated heterocycles. The molecule has 0 aliphatic heterocycles. The van der Waals surface area contributed by atoms with Crippen LogP contribution < -0.4 is 5.73 Å². The van der Waals surface area contributed by atoms with Crippen LogP contribution in [0.3, 0.4) is 0 Å². The van der Waals surface area contributed by atoms with E-state index < -0.39 is 0 Å². The van der Waals surface area contributed by atoms with Crippen molar-refractivity contribution in [3.8, 4) is 0 Å². The van der Waals surface area contributed by atoms with E-state index in [1.54, 1.807) is 0 Å². The molecule has 0 aromatic heterocycles. The number of thioether (sulfide) groups is 1. The Morgan fingerprint density at radius 1 is 1.29 bits per heavy atom. The maximum absolute atomic E-state index is 5.62. The molecular formula is C12H25NS. The standard InChI is InChI=1S/C12H25NS/c1-3-11-4-6-12(7-5-11)14-9-10(2)8-13/h10-12H,3-9,13H2,1-2H3. The molecule has 1 aliphatic carbocycles. The van der Waals surface area contributed by atoms with E-state index in [9.17, 15) is 0 Å². The van der Waals surface area contributed by atoms with E-state index in [0.717, 1.165) is 17.7 Å². The maximum Gasteiger partial charge on any atom is 0.00473 e. The molecule has 0 bridgehead atoms. The highest BCUT2D eigenvalue weighted by Crippen LogP contribution is 2.33. The summed E-state index contributed by atoms with van der Waals surface area (Å²) < 4.78 is 0. The Morgan fingerprint density at radius 3 is 2.43 bits per heavy atom. The summed E-state index contributed by atoms with van der Waals surface area (Å²) in [6.45, 7) is 5.43. The van der Waals surface area contributed by atoms with Crippen LogP contribution in [0.5, 0.6) is 0 Å². The number of rotatable bonds is 5. The number of hydrogen-bond donors (Lipinski definition) is 1. The quantitative estimate of drug-likeness (QED) is 0.761. The van der Waals surface area contributed by atoms with Gasteiger partial charge in [0.25, 0.3) is 0 Å². The van der Waals surface area contributed by atoms with Crippen LogP contribution in [0.1, 0.15) is 46.0 Å². The number of hydrogen-bond acceptors (Lipinski definition) is 2. The van der Waals surface area contributed by atoms with E-state index in [4.69, 9.17) is 5.73 Å². The van der Waals surface area contributed by atoms with Crippen LogP contribution in [0.2, 0.25) is 0 Å². The fourth-order valence-corrected chi connectivity index (χ4v) is 3.42. The van der Waals surface area contributed by atoms with Gasteiger partial charge < -0.3 is 5.73 Å². The van der Waals surface area contributed by atoms with Crippen molar-refractivity contribution in [2.75, 3.05) is 12.3 Å². The van der Waals surface area contributed by atoms with Crippen LogP contribution in [-0.4, -0.2) is 17.5 Å². The van der Waals surface area contributed by atoms with Crippen LogP contribution >= 0.6 is 11.8 Å². The first-order valence-corrected chi connectivity index (χ1v) is 7.12. The Bertz CT molecular complexity index is 141. The Hall–Kier alpha value is 0.310. The molecule has 0 aromatic rings. The average Bonchev–Trinajstić information content (AvgIpc) is 2.26. The molecule has 0 radical (unpaired) electrons. The van der Waals surface area contributed by atoms with E-state index in [1.165, 1.54) is 37.9 Å². The number of nitrogens with two attached hydrogens (primary N) is 1. The topological polar surface area (TPSA) is 26.0 Å². The highest BCUT2D eigenvalue weighted by molar-refractivity contribution is 7.99. The van der Waals surface area contributed by atoms with Gasteiger partial charge in [-0.15, -0.1) is 0 Å². The fourth-order valence-electron chi connectivity index (χ4n) is 2.08. The first-order valence-electron chi connectivity index (χ1n) is 6.07. The lowest BCUT2D eigenvalue weighted by Crippen LogP contribution is -2.19. The van der Waals surface area contributed by atoms with Gasteiger partial charge in [0.15, 0.2) is 0 Å². The Morgan fingerprint density at radius 2 is 1.93 bits per heavy atom. The van der Waals surface area contributed by atoms with Crippen molar-refractivity contribution < 1.29 is 0 Å². The largest absolute Gasteiger partial charge is 0.330 e. The Labute approximate surface area is 93.2 Å². The molecular weight excluding hydrogens is 190 g/mol. The van der Waals surface area contributed by atoms with Crippen molar-refractivity contribution >= 4 is 11.8 Å². The highest BCUT2D eigenvalue weighted by Gasteiger charge is 2.20. The summed E-state index contributed by atoms with van der Waals surface area (Å²) in [6.07, 6.45) is 7.20. The minimum absolute atomic E-state index is 0.698. The van der Waals surface area contributed by atoms with Gasteiger partial charge in [-0.05, 0) is 49.8 Å². The van der Waals surface area contributed by atoms with Crippen molar-refractivity contribution in [2.24, 2.45) is 17.6 Å². The normalized spacial score (nSPS) is 30.2. The molecule has 2 N–H and O–H groups in total. The Kier molecular flexibility index (Phi) is 5.95. The zero-order chi connectivity index (χ0) is 10.4. The third-order valence-electron chi connectivity index (χ3n) is 3.39. The van der Waals surface area contributed by atoms with Crippen LogP contribution in [0, 0.1) is 11.8 Å². The summed E-state index contributed by atoms with van der Waals surface area (Å²) in [5.74, 6) is 2.99. The van der Waals surface area contributed by atoms with Crippen molar-refractivity contribution in [1.82, 2.24) is 0 Å². The van der Waals surface area contributed by atoms with Gasteiger partial charge in [0, 0.05) is 5.25 Å². The molecule has 1 aliphatic rings.